The number of carbonyl (C=O) groups is 1. The van der Waals surface area contributed by atoms with Gasteiger partial charge < -0.3 is 14.4 Å². The van der Waals surface area contributed by atoms with E-state index >= 15 is 0 Å². The van der Waals surface area contributed by atoms with Crippen LogP contribution in [-0.4, -0.2) is 53.2 Å². The average Bonchev–Trinajstić information content (AvgIpc) is 3.06. The Morgan fingerprint density at radius 1 is 1.25 bits per heavy atom. The molecule has 0 spiro atoms. The highest BCUT2D eigenvalue weighted by atomic mass is 16.5. The number of hydrogen-bond donors (Lipinski definition) is 0. The molecule has 0 unspecified atom stereocenters. The van der Waals surface area contributed by atoms with Crippen molar-refractivity contribution in [2.45, 2.75) is 18.9 Å². The van der Waals surface area contributed by atoms with E-state index in [0.29, 0.717) is 26.1 Å². The van der Waals surface area contributed by atoms with Crippen molar-refractivity contribution in [3.63, 3.8) is 0 Å². The molecule has 1 atom stereocenters. The molecule has 3 rings (SSSR count). The molecule has 24 heavy (non-hydrogen) atoms. The number of methoxy groups -OCH3 is 1. The van der Waals surface area contributed by atoms with Gasteiger partial charge in [0, 0.05) is 26.0 Å². The number of hydrogen-bond acceptors (Lipinski definition) is 5. The van der Waals surface area contributed by atoms with Gasteiger partial charge in [0.25, 0.3) is 5.91 Å². The molecule has 1 aromatic heterocycles. The van der Waals surface area contributed by atoms with E-state index in [-0.39, 0.29) is 11.7 Å². The third-order valence-corrected chi connectivity index (χ3v) is 4.32. The van der Waals surface area contributed by atoms with Gasteiger partial charge in [0.2, 0.25) is 5.82 Å². The predicted molar refractivity (Wildman–Crippen MR) is 89.0 cm³/mol. The van der Waals surface area contributed by atoms with Crippen molar-refractivity contribution < 1.29 is 14.3 Å². The summed E-state index contributed by atoms with van der Waals surface area (Å²) in [6, 6.07) is 9.58. The quantitative estimate of drug-likeness (QED) is 0.841. The second kappa shape index (κ2) is 6.97. The Morgan fingerprint density at radius 2 is 1.96 bits per heavy atom. The van der Waals surface area contributed by atoms with Gasteiger partial charge in [-0.15, -0.1) is 0 Å². The molecule has 1 saturated heterocycles. The van der Waals surface area contributed by atoms with E-state index in [9.17, 15) is 4.79 Å². The Balaban J connectivity index is 1.64. The summed E-state index contributed by atoms with van der Waals surface area (Å²) in [4.78, 5) is 22.2. The molecule has 2 heterocycles. The van der Waals surface area contributed by atoms with Crippen molar-refractivity contribution in [3.05, 3.63) is 54.1 Å². The van der Waals surface area contributed by atoms with Gasteiger partial charge in [-0.3, -0.25) is 4.79 Å². The molecule has 6 heteroatoms. The maximum atomic E-state index is 12.5. The first-order valence-corrected chi connectivity index (χ1v) is 7.93. The minimum Gasteiger partial charge on any atom is -0.491 e. The van der Waals surface area contributed by atoms with Crippen LogP contribution in [-0.2, 0) is 4.74 Å². The lowest BCUT2D eigenvalue weighted by molar-refractivity contribution is -0.0343. The van der Waals surface area contributed by atoms with Crippen molar-refractivity contribution in [1.82, 2.24) is 14.9 Å². The summed E-state index contributed by atoms with van der Waals surface area (Å²) in [5.41, 5.74) is 0.680. The highest BCUT2D eigenvalue weighted by molar-refractivity contribution is 5.90. The first kappa shape index (κ1) is 16.4. The lowest BCUT2D eigenvalue weighted by Gasteiger charge is -2.27. The Hall–Kier alpha value is -2.47. The van der Waals surface area contributed by atoms with Gasteiger partial charge in [-0.1, -0.05) is 17.7 Å². The van der Waals surface area contributed by atoms with Crippen molar-refractivity contribution >= 4 is 5.91 Å². The Morgan fingerprint density at radius 3 is 2.62 bits per heavy atom. The Kier molecular flexibility index (Phi) is 4.76. The lowest BCUT2D eigenvalue weighted by Crippen LogP contribution is -2.42. The summed E-state index contributed by atoms with van der Waals surface area (Å²) in [7, 11) is 1.66. The molecule has 1 aromatic carbocycles. The molecule has 0 aliphatic carbocycles. The molecular formula is C18H21N3O3. The highest BCUT2D eigenvalue weighted by Gasteiger charge is 2.41. The summed E-state index contributed by atoms with van der Waals surface area (Å²) >= 11 is 0. The fourth-order valence-corrected chi connectivity index (χ4v) is 2.76. The summed E-state index contributed by atoms with van der Waals surface area (Å²) in [6.07, 6.45) is 3.86. The maximum Gasteiger partial charge on any atom is 0.291 e. The van der Waals surface area contributed by atoms with Gasteiger partial charge in [-0.25, -0.2) is 9.97 Å². The Bertz CT molecular complexity index is 690. The van der Waals surface area contributed by atoms with Crippen molar-refractivity contribution in [1.29, 1.82) is 0 Å². The van der Waals surface area contributed by atoms with Gasteiger partial charge in [0.1, 0.15) is 18.0 Å². The molecule has 0 N–H and O–H groups in total. The minimum atomic E-state index is -0.505. The van der Waals surface area contributed by atoms with Crippen LogP contribution in [0.1, 0.15) is 22.6 Å². The molecule has 1 fully saturated rings. The van der Waals surface area contributed by atoms with Crippen LogP contribution >= 0.6 is 0 Å². The number of likely N-dealkylation sites (tertiary alicyclic amines) is 1. The first-order valence-electron chi connectivity index (χ1n) is 7.93. The molecule has 126 valence electrons. The second-order valence-corrected chi connectivity index (χ2v) is 6.04. The van der Waals surface area contributed by atoms with E-state index in [1.54, 1.807) is 30.5 Å². The summed E-state index contributed by atoms with van der Waals surface area (Å²) in [5, 5.41) is 0. The van der Waals surface area contributed by atoms with Crippen LogP contribution in [0.15, 0.2) is 42.7 Å². The van der Waals surface area contributed by atoms with E-state index in [4.69, 9.17) is 9.47 Å². The molecular weight excluding hydrogens is 306 g/mol. The van der Waals surface area contributed by atoms with E-state index in [2.05, 4.69) is 9.97 Å². The molecule has 0 bridgehead atoms. The third kappa shape index (κ3) is 3.54. The smallest absolute Gasteiger partial charge is 0.291 e. The SMILES string of the molecule is CO[C@]1(COc2ccc(C)cc2)CCN(C(=O)c2ncccn2)C1. The zero-order valence-corrected chi connectivity index (χ0v) is 13.9. The zero-order chi connectivity index (χ0) is 17.0. The third-order valence-electron chi connectivity index (χ3n) is 4.32. The highest BCUT2D eigenvalue weighted by Crippen LogP contribution is 2.27. The molecule has 0 radical (unpaired) electrons. The summed E-state index contributed by atoms with van der Waals surface area (Å²) in [6.45, 7) is 3.49. The van der Waals surface area contributed by atoms with E-state index < -0.39 is 5.60 Å². The van der Waals surface area contributed by atoms with Gasteiger partial charge in [-0.2, -0.15) is 0 Å². The van der Waals surface area contributed by atoms with Crippen molar-refractivity contribution in [2.75, 3.05) is 26.8 Å². The van der Waals surface area contributed by atoms with Crippen LogP contribution in [0.25, 0.3) is 0 Å². The van der Waals surface area contributed by atoms with Crippen LogP contribution in [0.2, 0.25) is 0 Å². The molecule has 1 aliphatic rings. The first-order chi connectivity index (χ1) is 11.6. The van der Waals surface area contributed by atoms with Crippen molar-refractivity contribution in [3.8, 4) is 5.75 Å². The maximum absolute atomic E-state index is 12.5. The number of nitrogens with zero attached hydrogens (tertiary/aromatic N) is 3. The second-order valence-electron chi connectivity index (χ2n) is 6.04. The van der Waals surface area contributed by atoms with Gasteiger partial charge in [-0.05, 0) is 31.5 Å². The van der Waals surface area contributed by atoms with Crippen LogP contribution < -0.4 is 4.74 Å². The number of aromatic nitrogens is 2. The van der Waals surface area contributed by atoms with Crippen LogP contribution in [0.3, 0.4) is 0 Å². The normalized spacial score (nSPS) is 20.2. The molecule has 0 saturated carbocycles. The van der Waals surface area contributed by atoms with E-state index in [0.717, 1.165) is 5.75 Å². The average molecular weight is 327 g/mol. The Labute approximate surface area is 141 Å². The molecule has 6 nitrogen and oxygen atoms in total. The number of aryl methyl sites for hydroxylation is 1. The van der Waals surface area contributed by atoms with Crippen LogP contribution in [0.5, 0.6) is 5.75 Å². The lowest BCUT2D eigenvalue weighted by atomic mass is 10.0. The summed E-state index contributed by atoms with van der Waals surface area (Å²) < 4.78 is 11.6. The minimum absolute atomic E-state index is 0.176. The number of ether oxygens (including phenoxy) is 2. The van der Waals surface area contributed by atoms with Crippen LogP contribution in [0.4, 0.5) is 0 Å². The fourth-order valence-electron chi connectivity index (χ4n) is 2.76. The standard InChI is InChI=1S/C18H21N3O3/c1-14-4-6-15(7-5-14)24-13-18(23-2)8-11-21(12-18)17(22)16-19-9-3-10-20-16/h3-7,9-10H,8,11-13H2,1-2H3/t18-/m1/s1. The van der Waals surface area contributed by atoms with E-state index in [1.807, 2.05) is 31.2 Å². The van der Waals surface area contributed by atoms with E-state index in [1.165, 1.54) is 5.56 Å². The monoisotopic (exact) mass is 327 g/mol. The van der Waals surface area contributed by atoms with Crippen molar-refractivity contribution in [2.24, 2.45) is 0 Å². The molecule has 1 aliphatic heterocycles. The topological polar surface area (TPSA) is 64.6 Å². The van der Waals surface area contributed by atoms with Gasteiger partial charge in [0.05, 0.1) is 6.54 Å². The fraction of sp³-hybridized carbons (Fsp3) is 0.389. The summed E-state index contributed by atoms with van der Waals surface area (Å²) in [5.74, 6) is 0.835. The largest absolute Gasteiger partial charge is 0.491 e. The molecule has 2 aromatic rings. The number of amides is 1. The zero-order valence-electron chi connectivity index (χ0n) is 13.9. The van der Waals surface area contributed by atoms with Gasteiger partial charge in [0.15, 0.2) is 0 Å². The number of rotatable bonds is 5. The number of benzene rings is 1. The molecule has 1 amide bonds. The predicted octanol–water partition coefficient (Wildman–Crippen LogP) is 2.10. The van der Waals surface area contributed by atoms with Gasteiger partial charge >= 0.3 is 0 Å². The number of carbonyl (C=O) groups excluding carboxylic acids is 1. The van der Waals surface area contributed by atoms with Crippen LogP contribution in [0, 0.1) is 6.92 Å².